The second-order valence-electron chi connectivity index (χ2n) is 13.1. The third kappa shape index (κ3) is 11.5. The fourth-order valence-electron chi connectivity index (χ4n) is 7.21. The van der Waals surface area contributed by atoms with E-state index in [-0.39, 0.29) is 22.4 Å². The van der Waals surface area contributed by atoms with Crippen molar-refractivity contribution < 1.29 is 69.4 Å². The summed E-state index contributed by atoms with van der Waals surface area (Å²) in [5.41, 5.74) is -0.849. The topological polar surface area (TPSA) is 147 Å². The smallest absolute Gasteiger partial charge is 0.741 e. The maximum absolute atomic E-state index is 10.7. The van der Waals surface area contributed by atoms with E-state index in [9.17, 15) is 26.3 Å². The first-order valence-electron chi connectivity index (χ1n) is 17.0. The van der Waals surface area contributed by atoms with Gasteiger partial charge in [0.25, 0.3) is 0 Å². The van der Waals surface area contributed by atoms with Gasteiger partial charge in [-0.25, -0.2) is 16.8 Å². The van der Waals surface area contributed by atoms with Crippen LogP contribution < -0.4 is 9.80 Å². The summed E-state index contributed by atoms with van der Waals surface area (Å²) < 4.78 is 118. The van der Waals surface area contributed by atoms with Crippen LogP contribution in [0.4, 0.5) is 37.7 Å². The minimum atomic E-state index is -6.09. The first-order valence-corrected chi connectivity index (χ1v) is 20.9. The van der Waals surface area contributed by atoms with Crippen molar-refractivity contribution in [2.45, 2.75) is 87.3 Å². The average molecular weight is 916 g/mol. The predicted octanol–water partition coefficient (Wildman–Crippen LogP) is 8.17. The van der Waals surface area contributed by atoms with Crippen LogP contribution in [0.5, 0.6) is 0 Å². The SMILES string of the molecule is CN(c1cccc2cc3c(nc12)CCC3)[C@@H]1CCCC[C@H]1N(C)c1cccc2cc3c(nc12)CCC3.ClCCl.O=S(=O)([O-])C(F)(F)F.O=S(=O)([O-])C(F)(F)F.[Fe+4]. The minimum absolute atomic E-state index is 0. The molecule has 56 heavy (non-hydrogen) atoms. The molecule has 0 bridgehead atoms. The molecule has 1 fully saturated rings. The Morgan fingerprint density at radius 2 is 0.982 bits per heavy atom. The van der Waals surface area contributed by atoms with E-state index in [1.54, 1.807) is 0 Å². The summed E-state index contributed by atoms with van der Waals surface area (Å²) >= 11 is 9.53. The van der Waals surface area contributed by atoms with Gasteiger partial charge in [0.05, 0.1) is 27.7 Å². The fraction of sp³-hybridized carbons (Fsp3) is 0.486. The van der Waals surface area contributed by atoms with Crippen LogP contribution in [0.1, 0.15) is 61.0 Å². The molecule has 0 unspecified atom stereocenters. The van der Waals surface area contributed by atoms with Gasteiger partial charge in [0.15, 0.2) is 20.2 Å². The number of pyridine rings is 2. The predicted molar refractivity (Wildman–Crippen MR) is 198 cm³/mol. The monoisotopic (exact) mass is 914 g/mol. The Morgan fingerprint density at radius 1 is 0.661 bits per heavy atom. The molecule has 0 amide bonds. The van der Waals surface area contributed by atoms with E-state index >= 15 is 0 Å². The molecule has 4 aromatic rings. The molecule has 308 valence electrons. The molecule has 10 nitrogen and oxygen atoms in total. The van der Waals surface area contributed by atoms with Crippen LogP contribution in [-0.2, 0) is 63.0 Å². The Morgan fingerprint density at radius 3 is 1.29 bits per heavy atom. The van der Waals surface area contributed by atoms with Crippen LogP contribution >= 0.6 is 23.2 Å². The van der Waals surface area contributed by atoms with E-state index in [4.69, 9.17) is 59.1 Å². The molecular weight excluding hydrogens is 877 g/mol. The number of benzene rings is 2. The summed E-state index contributed by atoms with van der Waals surface area (Å²) in [4.78, 5) is 15.5. The molecule has 3 aliphatic carbocycles. The van der Waals surface area contributed by atoms with Gasteiger partial charge in [0.1, 0.15) is 0 Å². The van der Waals surface area contributed by atoms with Crippen molar-refractivity contribution in [2.24, 2.45) is 0 Å². The van der Waals surface area contributed by atoms with Gasteiger partial charge < -0.3 is 18.9 Å². The van der Waals surface area contributed by atoms with Crippen molar-refractivity contribution in [3.05, 3.63) is 71.0 Å². The average Bonchev–Trinajstić information content (AvgIpc) is 3.76. The number of rotatable bonds is 4. The third-order valence-corrected chi connectivity index (χ3v) is 10.9. The van der Waals surface area contributed by atoms with Crippen LogP contribution in [0.25, 0.3) is 21.8 Å². The molecule has 2 aromatic heterocycles. The molecule has 0 spiro atoms. The van der Waals surface area contributed by atoms with Crippen LogP contribution in [-0.4, -0.2) is 78.4 Å². The zero-order valence-corrected chi connectivity index (χ0v) is 34.2. The first kappa shape index (κ1) is 47.7. The van der Waals surface area contributed by atoms with Crippen LogP contribution in [0.2, 0.25) is 0 Å². The number of nitrogens with zero attached hydrogens (tertiary/aromatic N) is 4. The Kier molecular flexibility index (Phi) is 16.5. The second-order valence-corrected chi connectivity index (χ2v) is 16.7. The van der Waals surface area contributed by atoms with Gasteiger partial charge in [-0.3, -0.25) is 9.97 Å². The molecule has 21 heteroatoms. The van der Waals surface area contributed by atoms with Crippen LogP contribution in [0.3, 0.4) is 0 Å². The molecule has 2 atom stereocenters. The molecule has 2 heterocycles. The number of aryl methyl sites for hydroxylation is 4. The van der Waals surface area contributed by atoms with Crippen LogP contribution in [0.15, 0.2) is 48.5 Å². The summed E-state index contributed by atoms with van der Waals surface area (Å²) in [5, 5.41) is 2.76. The summed E-state index contributed by atoms with van der Waals surface area (Å²) in [6.45, 7) is 0. The normalized spacial score (nSPS) is 17.9. The molecule has 0 aliphatic heterocycles. The number of halogens is 8. The molecule has 3 aliphatic rings. The molecule has 0 radical (unpaired) electrons. The summed E-state index contributed by atoms with van der Waals surface area (Å²) in [6, 6.07) is 19.1. The molecule has 0 saturated heterocycles. The van der Waals surface area contributed by atoms with E-state index in [1.165, 1.54) is 107 Å². The number of anilines is 2. The van der Waals surface area contributed by atoms with Gasteiger partial charge >= 0.3 is 28.1 Å². The third-order valence-electron chi connectivity index (χ3n) is 9.72. The Labute approximate surface area is 341 Å². The van der Waals surface area contributed by atoms with E-state index in [0.29, 0.717) is 12.1 Å². The van der Waals surface area contributed by atoms with Gasteiger partial charge in [-0.15, -0.1) is 23.2 Å². The number of hydrogen-bond acceptors (Lipinski definition) is 10. The summed E-state index contributed by atoms with van der Waals surface area (Å²) in [5.74, 6) is 0. The number of alkyl halides is 8. The maximum Gasteiger partial charge on any atom is 4.00 e. The number of likely N-dealkylation sites (N-methyl/N-ethyl adjacent to an activating group) is 2. The van der Waals surface area contributed by atoms with Gasteiger partial charge in [-0.05, 0) is 86.8 Å². The van der Waals surface area contributed by atoms with Crippen molar-refractivity contribution in [1.82, 2.24) is 9.97 Å². The van der Waals surface area contributed by atoms with Crippen molar-refractivity contribution in [3.8, 4) is 0 Å². The van der Waals surface area contributed by atoms with Crippen LogP contribution in [0, 0.1) is 0 Å². The standard InChI is InChI=1S/C32H36N4.CH2Cl2.2CHF3O3S.Fe/c1-35(29-17-7-11-23-19-21-9-5-13-25(21)33-31(23)29)27-15-3-4-16-28(27)36(2)30-18-8-12-24-20-22-10-6-14-26(22)34-32(24)30;2-1-3;2*2-1(3,4)8(5,6)7;/h7-8,11-12,17-20,27-28H,3-6,9-10,13-16H2,1-2H3;1H2;2*(H,5,6,7);/q;;;;+4/p-2/t27-,28-;;;;/m1..../s1. The van der Waals surface area contributed by atoms with Crippen molar-refractivity contribution >= 4 is 76.6 Å². The summed E-state index contributed by atoms with van der Waals surface area (Å²) in [7, 11) is -7.58. The largest absolute Gasteiger partial charge is 4.00 e. The van der Waals surface area contributed by atoms with E-state index < -0.39 is 31.3 Å². The number of para-hydroxylation sites is 2. The molecule has 2 aromatic carbocycles. The van der Waals surface area contributed by atoms with Gasteiger partial charge in [-0.1, -0.05) is 37.1 Å². The second kappa shape index (κ2) is 19.4. The molecular formula is C35H38Cl2F6FeN4O6S2+2. The minimum Gasteiger partial charge on any atom is -0.741 e. The fourth-order valence-corrected chi connectivity index (χ4v) is 7.21. The number of fused-ring (bicyclic) bond motifs is 4. The van der Waals surface area contributed by atoms with Crippen molar-refractivity contribution in [1.29, 1.82) is 0 Å². The molecule has 1 saturated carbocycles. The van der Waals surface area contributed by atoms with Crippen molar-refractivity contribution in [3.63, 3.8) is 0 Å². The summed E-state index contributed by atoms with van der Waals surface area (Å²) in [6.07, 6.45) is 12.1. The maximum atomic E-state index is 10.7. The zero-order valence-electron chi connectivity index (χ0n) is 30.0. The Balaban J connectivity index is 0.000000352. The van der Waals surface area contributed by atoms with E-state index in [2.05, 4.69) is 72.4 Å². The Bertz CT molecular complexity index is 2050. The number of hydrogen-bond donors (Lipinski definition) is 0. The Hall–Kier alpha value is -2.64. The quantitative estimate of drug-likeness (QED) is 0.0646. The molecule has 0 N–H and O–H groups in total. The molecule has 7 rings (SSSR count). The van der Waals surface area contributed by atoms with Gasteiger partial charge in [0.2, 0.25) is 0 Å². The van der Waals surface area contributed by atoms with Crippen molar-refractivity contribution in [2.75, 3.05) is 29.2 Å². The van der Waals surface area contributed by atoms with E-state index in [1.807, 2.05) is 0 Å². The zero-order chi connectivity index (χ0) is 40.9. The van der Waals surface area contributed by atoms with Gasteiger partial charge in [0, 0.05) is 48.3 Å². The van der Waals surface area contributed by atoms with E-state index in [0.717, 1.165) is 12.8 Å². The number of aromatic nitrogens is 2. The first-order chi connectivity index (χ1) is 25.6. The van der Waals surface area contributed by atoms with Gasteiger partial charge in [-0.2, -0.15) is 26.3 Å².